The van der Waals surface area contributed by atoms with E-state index in [4.69, 9.17) is 4.42 Å². The van der Waals surface area contributed by atoms with Crippen molar-refractivity contribution in [2.45, 2.75) is 13.3 Å². The van der Waals surface area contributed by atoms with E-state index in [-0.39, 0.29) is 41.2 Å². The lowest BCUT2D eigenvalue weighted by Gasteiger charge is -2.12. The number of hydrogen-bond donors (Lipinski definition) is 4. The number of guanidine groups is 1. The van der Waals surface area contributed by atoms with Gasteiger partial charge in [0.15, 0.2) is 5.96 Å². The number of amides is 1. The second kappa shape index (κ2) is 12.2. The Balaban J connectivity index is 0.00000338. The first-order chi connectivity index (χ1) is 12.2. The summed E-state index contributed by atoms with van der Waals surface area (Å²) in [7, 11) is 0. The predicted molar refractivity (Wildman–Crippen MR) is 112 cm³/mol. The molecule has 0 saturated carbocycles. The van der Waals surface area contributed by atoms with Crippen LogP contribution in [0.1, 0.15) is 23.0 Å². The van der Waals surface area contributed by atoms with Gasteiger partial charge in [0.05, 0.1) is 11.8 Å². The zero-order chi connectivity index (χ0) is 17.9. The molecule has 2 rings (SSSR count). The van der Waals surface area contributed by atoms with Crippen molar-refractivity contribution < 1.29 is 14.3 Å². The molecule has 0 atom stereocenters. The molecule has 4 N–H and O–H groups in total. The third kappa shape index (κ3) is 7.34. The summed E-state index contributed by atoms with van der Waals surface area (Å²) in [6.45, 7) is 4.27. The van der Waals surface area contributed by atoms with Crippen molar-refractivity contribution in [1.29, 1.82) is 0 Å². The zero-order valence-corrected chi connectivity index (χ0v) is 17.0. The Kier molecular flexibility index (Phi) is 10.2. The number of benzene rings is 1. The molecule has 1 aromatic carbocycles. The van der Waals surface area contributed by atoms with Crippen molar-refractivity contribution in [1.82, 2.24) is 16.0 Å². The lowest BCUT2D eigenvalue weighted by atomic mass is 10.2. The quantitative estimate of drug-likeness (QED) is 0.204. The fourth-order valence-electron chi connectivity index (χ4n) is 2.19. The van der Waals surface area contributed by atoms with E-state index in [1.807, 2.05) is 19.1 Å². The molecular weight excluding hydrogens is 447 g/mol. The summed E-state index contributed by atoms with van der Waals surface area (Å²) in [5.41, 5.74) is 0.265. The standard InChI is InChI=1S/C18H24N4O3.HI/c1-2-19-18(21-10-9-14-6-5-13-25-14)22-12-11-20-17(24)15-7-3-4-8-16(15)23;/h3-8,13,23H,2,9-12H2,1H3,(H,20,24)(H2,19,21,22);1H. The highest BCUT2D eigenvalue weighted by Gasteiger charge is 2.09. The number of furan rings is 1. The van der Waals surface area contributed by atoms with Gasteiger partial charge >= 0.3 is 0 Å². The first-order valence-electron chi connectivity index (χ1n) is 8.31. The van der Waals surface area contributed by atoms with E-state index in [2.05, 4.69) is 20.9 Å². The van der Waals surface area contributed by atoms with E-state index in [1.54, 1.807) is 24.5 Å². The summed E-state index contributed by atoms with van der Waals surface area (Å²) in [5.74, 6) is 1.25. The molecule has 0 aliphatic carbocycles. The number of nitrogens with zero attached hydrogens (tertiary/aromatic N) is 1. The summed E-state index contributed by atoms with van der Waals surface area (Å²) >= 11 is 0. The minimum Gasteiger partial charge on any atom is -0.507 e. The maximum atomic E-state index is 12.0. The zero-order valence-electron chi connectivity index (χ0n) is 14.7. The molecule has 0 unspecified atom stereocenters. The molecule has 0 spiro atoms. The Bertz CT molecular complexity index is 690. The maximum Gasteiger partial charge on any atom is 0.255 e. The van der Waals surface area contributed by atoms with Crippen molar-refractivity contribution in [3.8, 4) is 5.75 Å². The molecule has 1 aromatic heterocycles. The smallest absolute Gasteiger partial charge is 0.255 e. The highest BCUT2D eigenvalue weighted by Crippen LogP contribution is 2.14. The highest BCUT2D eigenvalue weighted by molar-refractivity contribution is 14.0. The third-order valence-electron chi connectivity index (χ3n) is 3.40. The van der Waals surface area contributed by atoms with Crippen molar-refractivity contribution in [3.63, 3.8) is 0 Å². The highest BCUT2D eigenvalue weighted by atomic mass is 127. The Morgan fingerprint density at radius 3 is 2.58 bits per heavy atom. The van der Waals surface area contributed by atoms with Crippen LogP contribution in [0.25, 0.3) is 0 Å². The largest absolute Gasteiger partial charge is 0.507 e. The minimum atomic E-state index is -0.306. The van der Waals surface area contributed by atoms with Crippen LogP contribution < -0.4 is 16.0 Å². The van der Waals surface area contributed by atoms with Gasteiger partial charge in [0.1, 0.15) is 11.5 Å². The normalized spacial score (nSPS) is 10.7. The lowest BCUT2D eigenvalue weighted by molar-refractivity contribution is 0.0951. The van der Waals surface area contributed by atoms with Crippen LogP contribution >= 0.6 is 24.0 Å². The molecule has 0 radical (unpaired) electrons. The molecule has 26 heavy (non-hydrogen) atoms. The van der Waals surface area contributed by atoms with Gasteiger partial charge < -0.3 is 25.5 Å². The molecule has 2 aromatic rings. The fraction of sp³-hybridized carbons (Fsp3) is 0.333. The van der Waals surface area contributed by atoms with Gasteiger partial charge in [0.2, 0.25) is 0 Å². The number of carbonyl (C=O) groups excluding carboxylic acids is 1. The Labute approximate surface area is 170 Å². The van der Waals surface area contributed by atoms with Crippen LogP contribution in [0.5, 0.6) is 5.75 Å². The van der Waals surface area contributed by atoms with Crippen LogP contribution in [0.15, 0.2) is 52.1 Å². The number of hydrogen-bond acceptors (Lipinski definition) is 4. The number of phenols is 1. The van der Waals surface area contributed by atoms with Gasteiger partial charge in [0, 0.05) is 32.6 Å². The van der Waals surface area contributed by atoms with Gasteiger partial charge in [-0.1, -0.05) is 12.1 Å². The van der Waals surface area contributed by atoms with Crippen molar-refractivity contribution in [2.24, 2.45) is 4.99 Å². The van der Waals surface area contributed by atoms with E-state index in [0.29, 0.717) is 25.6 Å². The number of carbonyl (C=O) groups is 1. The van der Waals surface area contributed by atoms with Gasteiger partial charge in [-0.3, -0.25) is 9.79 Å². The van der Waals surface area contributed by atoms with Gasteiger partial charge in [-0.2, -0.15) is 0 Å². The van der Waals surface area contributed by atoms with Crippen LogP contribution in [-0.4, -0.2) is 43.2 Å². The fourth-order valence-corrected chi connectivity index (χ4v) is 2.19. The summed E-state index contributed by atoms with van der Waals surface area (Å²) in [6.07, 6.45) is 2.38. The van der Waals surface area contributed by atoms with Crippen molar-refractivity contribution in [3.05, 3.63) is 54.0 Å². The molecular formula is C18H25IN4O3. The Morgan fingerprint density at radius 2 is 1.88 bits per heavy atom. The number of aromatic hydroxyl groups is 1. The van der Waals surface area contributed by atoms with Crippen LogP contribution in [-0.2, 0) is 6.42 Å². The minimum absolute atomic E-state index is 0. The Morgan fingerprint density at radius 1 is 1.12 bits per heavy atom. The van der Waals surface area contributed by atoms with E-state index in [9.17, 15) is 9.90 Å². The average Bonchev–Trinajstić information content (AvgIpc) is 3.12. The average molecular weight is 472 g/mol. The van der Waals surface area contributed by atoms with E-state index < -0.39 is 0 Å². The van der Waals surface area contributed by atoms with Gasteiger partial charge in [-0.25, -0.2) is 0 Å². The van der Waals surface area contributed by atoms with Gasteiger partial charge in [0.25, 0.3) is 5.91 Å². The summed E-state index contributed by atoms with van der Waals surface area (Å²) in [6, 6.07) is 10.2. The summed E-state index contributed by atoms with van der Waals surface area (Å²) < 4.78 is 5.27. The number of halogens is 1. The van der Waals surface area contributed by atoms with E-state index in [1.165, 1.54) is 6.07 Å². The molecule has 142 valence electrons. The van der Waals surface area contributed by atoms with Crippen LogP contribution in [0, 0.1) is 0 Å². The topological polar surface area (TPSA) is 98.9 Å². The third-order valence-corrected chi connectivity index (χ3v) is 3.40. The molecule has 1 heterocycles. The molecule has 7 nitrogen and oxygen atoms in total. The second-order valence-corrected chi connectivity index (χ2v) is 5.29. The number of phenolic OH excluding ortho intramolecular Hbond substituents is 1. The SMILES string of the molecule is CCNC(=NCCc1ccco1)NCCNC(=O)c1ccccc1O.I. The number of rotatable bonds is 8. The first kappa shape index (κ1) is 21.8. The summed E-state index contributed by atoms with van der Waals surface area (Å²) in [4.78, 5) is 16.4. The van der Waals surface area contributed by atoms with Crippen LogP contribution in [0.3, 0.4) is 0 Å². The maximum absolute atomic E-state index is 12.0. The van der Waals surface area contributed by atoms with Crippen molar-refractivity contribution >= 4 is 35.8 Å². The van der Waals surface area contributed by atoms with E-state index >= 15 is 0 Å². The Hall–Kier alpha value is -2.23. The molecule has 0 fully saturated rings. The van der Waals surface area contributed by atoms with E-state index in [0.717, 1.165) is 18.7 Å². The number of aliphatic imine (C=N–C) groups is 1. The van der Waals surface area contributed by atoms with Gasteiger partial charge in [-0.15, -0.1) is 24.0 Å². The number of nitrogens with one attached hydrogen (secondary N) is 3. The number of para-hydroxylation sites is 1. The lowest BCUT2D eigenvalue weighted by Crippen LogP contribution is -2.41. The molecule has 0 bridgehead atoms. The molecule has 0 aliphatic rings. The second-order valence-electron chi connectivity index (χ2n) is 5.29. The van der Waals surface area contributed by atoms with Gasteiger partial charge in [-0.05, 0) is 31.2 Å². The monoisotopic (exact) mass is 472 g/mol. The first-order valence-corrected chi connectivity index (χ1v) is 8.31. The van der Waals surface area contributed by atoms with Crippen LogP contribution in [0.4, 0.5) is 0 Å². The predicted octanol–water partition coefficient (Wildman–Crippen LogP) is 2.13. The molecule has 1 amide bonds. The molecule has 0 aliphatic heterocycles. The molecule has 8 heteroatoms. The summed E-state index contributed by atoms with van der Waals surface area (Å²) in [5, 5.41) is 18.7. The van der Waals surface area contributed by atoms with Crippen molar-refractivity contribution in [2.75, 3.05) is 26.2 Å². The van der Waals surface area contributed by atoms with Crippen LogP contribution in [0.2, 0.25) is 0 Å². The molecule has 0 saturated heterocycles.